The summed E-state index contributed by atoms with van der Waals surface area (Å²) in [6.07, 6.45) is 1.49. The maximum atomic E-state index is 13.7. The molecule has 0 aliphatic heterocycles. The molecule has 1 N–H and O–H groups in total. The predicted molar refractivity (Wildman–Crippen MR) is 82.6 cm³/mol. The Morgan fingerprint density at radius 3 is 2.61 bits per heavy atom. The molecule has 4 nitrogen and oxygen atoms in total. The third-order valence-electron chi connectivity index (χ3n) is 3.35. The van der Waals surface area contributed by atoms with Gasteiger partial charge in [0.25, 0.3) is 5.91 Å². The lowest BCUT2D eigenvalue weighted by Crippen LogP contribution is -2.13. The van der Waals surface area contributed by atoms with Gasteiger partial charge in [0.1, 0.15) is 17.3 Å². The molecule has 0 fully saturated rings. The zero-order valence-electron chi connectivity index (χ0n) is 12.3. The van der Waals surface area contributed by atoms with Gasteiger partial charge in [-0.2, -0.15) is 5.10 Å². The minimum absolute atomic E-state index is 0.106. The molecule has 0 radical (unpaired) electrons. The minimum atomic E-state index is -0.497. The molecule has 6 heteroatoms. The van der Waals surface area contributed by atoms with Gasteiger partial charge in [0.05, 0.1) is 0 Å². The SMILES string of the molecule is Cc1ccc(NC(=O)c2ccn(-c3ccccc3F)n2)cc1F. The molecule has 0 saturated carbocycles. The summed E-state index contributed by atoms with van der Waals surface area (Å²) in [4.78, 5) is 12.1. The van der Waals surface area contributed by atoms with Crippen LogP contribution >= 0.6 is 0 Å². The van der Waals surface area contributed by atoms with Crippen LogP contribution in [-0.4, -0.2) is 15.7 Å². The van der Waals surface area contributed by atoms with Gasteiger partial charge in [0, 0.05) is 11.9 Å². The number of nitrogens with zero attached hydrogens (tertiary/aromatic N) is 2. The zero-order chi connectivity index (χ0) is 16.4. The van der Waals surface area contributed by atoms with Crippen LogP contribution in [-0.2, 0) is 0 Å². The summed E-state index contributed by atoms with van der Waals surface area (Å²) < 4.78 is 28.5. The number of benzene rings is 2. The Bertz CT molecular complexity index is 874. The highest BCUT2D eigenvalue weighted by Gasteiger charge is 2.12. The number of aryl methyl sites for hydroxylation is 1. The van der Waals surface area contributed by atoms with E-state index in [1.165, 1.54) is 29.1 Å². The summed E-state index contributed by atoms with van der Waals surface area (Å²) in [6, 6.07) is 12.0. The molecule has 0 unspecified atom stereocenters. The van der Waals surface area contributed by atoms with Crippen LogP contribution in [0.1, 0.15) is 16.1 Å². The average Bonchev–Trinajstić information content (AvgIpc) is 3.01. The number of nitrogens with one attached hydrogen (secondary N) is 1. The quantitative estimate of drug-likeness (QED) is 0.801. The van der Waals surface area contributed by atoms with Crippen molar-refractivity contribution in [3.63, 3.8) is 0 Å². The highest BCUT2D eigenvalue weighted by atomic mass is 19.1. The van der Waals surface area contributed by atoms with E-state index >= 15 is 0 Å². The van der Waals surface area contributed by atoms with E-state index in [1.807, 2.05) is 0 Å². The van der Waals surface area contributed by atoms with Gasteiger partial charge in [0.15, 0.2) is 5.69 Å². The predicted octanol–water partition coefficient (Wildman–Crippen LogP) is 3.71. The van der Waals surface area contributed by atoms with Crippen molar-refractivity contribution in [2.75, 3.05) is 5.32 Å². The molecule has 2 aromatic carbocycles. The van der Waals surface area contributed by atoms with Gasteiger partial charge in [-0.3, -0.25) is 4.79 Å². The summed E-state index contributed by atoms with van der Waals surface area (Å²) >= 11 is 0. The van der Waals surface area contributed by atoms with Gasteiger partial charge in [-0.15, -0.1) is 0 Å². The maximum Gasteiger partial charge on any atom is 0.276 e. The van der Waals surface area contributed by atoms with Gasteiger partial charge < -0.3 is 5.32 Å². The Morgan fingerprint density at radius 2 is 1.87 bits per heavy atom. The molecule has 0 aliphatic rings. The van der Waals surface area contributed by atoms with E-state index in [2.05, 4.69) is 10.4 Å². The number of anilines is 1. The number of para-hydroxylation sites is 1. The molecule has 1 aromatic heterocycles. The maximum absolute atomic E-state index is 13.7. The molecule has 3 aromatic rings. The molecule has 0 bridgehead atoms. The van der Waals surface area contributed by atoms with Crippen molar-refractivity contribution in [2.45, 2.75) is 6.92 Å². The molecule has 1 heterocycles. The molecular formula is C17H13F2N3O. The summed E-state index contributed by atoms with van der Waals surface area (Å²) in [6.45, 7) is 1.64. The van der Waals surface area contributed by atoms with Gasteiger partial charge in [0.2, 0.25) is 0 Å². The number of aromatic nitrogens is 2. The van der Waals surface area contributed by atoms with E-state index in [0.29, 0.717) is 11.3 Å². The van der Waals surface area contributed by atoms with Crippen molar-refractivity contribution in [1.29, 1.82) is 0 Å². The monoisotopic (exact) mass is 313 g/mol. The van der Waals surface area contributed by atoms with Crippen molar-refractivity contribution in [3.8, 4) is 5.69 Å². The van der Waals surface area contributed by atoms with Crippen LogP contribution in [0.3, 0.4) is 0 Å². The summed E-state index contributed by atoms with van der Waals surface area (Å²) in [5.41, 5.74) is 1.17. The van der Waals surface area contributed by atoms with Crippen LogP contribution < -0.4 is 5.32 Å². The summed E-state index contributed by atoms with van der Waals surface area (Å²) in [7, 11) is 0. The largest absolute Gasteiger partial charge is 0.320 e. The lowest BCUT2D eigenvalue weighted by atomic mass is 10.2. The molecule has 1 amide bonds. The van der Waals surface area contributed by atoms with E-state index < -0.39 is 17.5 Å². The van der Waals surface area contributed by atoms with Crippen LogP contribution in [0.4, 0.5) is 14.5 Å². The lowest BCUT2D eigenvalue weighted by Gasteiger charge is -2.05. The minimum Gasteiger partial charge on any atom is -0.320 e. The molecule has 0 atom stereocenters. The molecule has 0 spiro atoms. The fraction of sp³-hybridized carbons (Fsp3) is 0.0588. The Labute approximate surface area is 131 Å². The highest BCUT2D eigenvalue weighted by molar-refractivity contribution is 6.02. The topological polar surface area (TPSA) is 46.9 Å². The second-order valence-corrected chi connectivity index (χ2v) is 5.02. The molecule has 3 rings (SSSR count). The van der Waals surface area contributed by atoms with Crippen molar-refractivity contribution < 1.29 is 13.6 Å². The van der Waals surface area contributed by atoms with Gasteiger partial charge in [-0.05, 0) is 42.8 Å². The van der Waals surface area contributed by atoms with Gasteiger partial charge >= 0.3 is 0 Å². The number of halogens is 2. The molecule has 0 saturated heterocycles. The lowest BCUT2D eigenvalue weighted by molar-refractivity contribution is 0.102. The van der Waals surface area contributed by atoms with Crippen molar-refractivity contribution in [3.05, 3.63) is 77.6 Å². The molecule has 0 aliphatic carbocycles. The first-order valence-electron chi connectivity index (χ1n) is 6.92. The number of amides is 1. The Balaban J connectivity index is 1.81. The first-order chi connectivity index (χ1) is 11.0. The van der Waals surface area contributed by atoms with E-state index in [0.717, 1.165) is 0 Å². The van der Waals surface area contributed by atoms with Gasteiger partial charge in [-0.25, -0.2) is 13.5 Å². The Kier molecular flexibility index (Phi) is 3.89. The zero-order valence-corrected chi connectivity index (χ0v) is 12.3. The average molecular weight is 313 g/mol. The van der Waals surface area contributed by atoms with Crippen LogP contribution in [0, 0.1) is 18.6 Å². The van der Waals surface area contributed by atoms with Crippen molar-refractivity contribution >= 4 is 11.6 Å². The molecule has 23 heavy (non-hydrogen) atoms. The third kappa shape index (κ3) is 3.11. The fourth-order valence-corrected chi connectivity index (χ4v) is 2.08. The normalized spacial score (nSPS) is 10.6. The standard InChI is InChI=1S/C17H13F2N3O/c1-11-6-7-12(10-14(11)19)20-17(23)15-8-9-22(21-15)16-5-3-2-4-13(16)18/h2-10H,1H3,(H,20,23). The molecular weight excluding hydrogens is 300 g/mol. The Morgan fingerprint density at radius 1 is 1.09 bits per heavy atom. The van der Waals surface area contributed by atoms with Crippen molar-refractivity contribution in [1.82, 2.24) is 9.78 Å². The van der Waals surface area contributed by atoms with Crippen molar-refractivity contribution in [2.24, 2.45) is 0 Å². The Hall–Kier alpha value is -3.02. The van der Waals surface area contributed by atoms with Crippen LogP contribution in [0.25, 0.3) is 5.69 Å². The second-order valence-electron chi connectivity index (χ2n) is 5.02. The van der Waals surface area contributed by atoms with Crippen LogP contribution in [0.2, 0.25) is 0 Å². The number of hydrogen-bond acceptors (Lipinski definition) is 2. The van der Waals surface area contributed by atoms with Crippen LogP contribution in [0.5, 0.6) is 0 Å². The van der Waals surface area contributed by atoms with E-state index in [4.69, 9.17) is 0 Å². The van der Waals surface area contributed by atoms with E-state index in [1.54, 1.807) is 37.3 Å². The van der Waals surface area contributed by atoms with E-state index in [-0.39, 0.29) is 11.4 Å². The number of carbonyl (C=O) groups excluding carboxylic acids is 1. The number of rotatable bonds is 3. The van der Waals surface area contributed by atoms with Crippen LogP contribution in [0.15, 0.2) is 54.7 Å². The van der Waals surface area contributed by atoms with Gasteiger partial charge in [-0.1, -0.05) is 18.2 Å². The first-order valence-corrected chi connectivity index (χ1v) is 6.92. The number of carbonyl (C=O) groups is 1. The summed E-state index contributed by atoms with van der Waals surface area (Å²) in [5, 5.41) is 6.61. The number of hydrogen-bond donors (Lipinski definition) is 1. The third-order valence-corrected chi connectivity index (χ3v) is 3.35. The van der Waals surface area contributed by atoms with E-state index in [9.17, 15) is 13.6 Å². The smallest absolute Gasteiger partial charge is 0.276 e. The molecule has 116 valence electrons. The summed E-state index contributed by atoms with van der Waals surface area (Å²) in [5.74, 6) is -1.34. The fourth-order valence-electron chi connectivity index (χ4n) is 2.08. The highest BCUT2D eigenvalue weighted by Crippen LogP contribution is 2.16. The first kappa shape index (κ1) is 14.9. The second kappa shape index (κ2) is 6.00.